The van der Waals surface area contributed by atoms with Gasteiger partial charge in [-0.05, 0) is 81.0 Å². The highest BCUT2D eigenvalue weighted by Crippen LogP contribution is 2.37. The molecule has 0 aliphatic heterocycles. The molecule has 2 aromatic carbocycles. The molecule has 0 unspecified atom stereocenters. The predicted octanol–water partition coefficient (Wildman–Crippen LogP) is 6.06. The molecule has 0 saturated heterocycles. The van der Waals surface area contributed by atoms with Gasteiger partial charge in [-0.2, -0.15) is 5.26 Å². The van der Waals surface area contributed by atoms with Crippen LogP contribution < -0.4 is 15.2 Å². The first-order chi connectivity index (χ1) is 17.9. The highest BCUT2D eigenvalue weighted by atomic mass is 16.5. The number of nitriles is 1. The minimum atomic E-state index is 0.325. The van der Waals surface area contributed by atoms with Crippen LogP contribution in [0.25, 0.3) is 16.7 Å². The van der Waals surface area contributed by atoms with Crippen LogP contribution in [0.5, 0.6) is 11.5 Å². The smallest absolute Gasteiger partial charge is 0.147 e. The Labute approximate surface area is 217 Å². The number of ether oxygens (including phenoxy) is 3. The SMILES string of the molecule is COc1ccc(COc2ccc(C)c(-n3c(N)c(C#N)c4cc(COC5CCC5)c(C)nc43)c2C)cc1. The number of nitrogen functional groups attached to an aromatic ring is 1. The van der Waals surface area contributed by atoms with Gasteiger partial charge in [0.25, 0.3) is 0 Å². The van der Waals surface area contributed by atoms with E-state index in [1.54, 1.807) is 7.11 Å². The van der Waals surface area contributed by atoms with Gasteiger partial charge in [0.15, 0.2) is 0 Å². The second-order valence-corrected chi connectivity index (χ2v) is 9.67. The van der Waals surface area contributed by atoms with Crippen LogP contribution in [0.2, 0.25) is 0 Å². The van der Waals surface area contributed by atoms with E-state index < -0.39 is 0 Å². The van der Waals surface area contributed by atoms with E-state index >= 15 is 0 Å². The Bertz CT molecular complexity index is 1490. The van der Waals surface area contributed by atoms with E-state index in [-0.39, 0.29) is 0 Å². The minimum absolute atomic E-state index is 0.325. The lowest BCUT2D eigenvalue weighted by Crippen LogP contribution is -2.21. The fraction of sp³-hybridized carbons (Fsp3) is 0.333. The van der Waals surface area contributed by atoms with Gasteiger partial charge in [0, 0.05) is 16.6 Å². The van der Waals surface area contributed by atoms with Crippen LogP contribution in [0.3, 0.4) is 0 Å². The number of nitrogens with two attached hydrogens (primary N) is 1. The topological polar surface area (TPSA) is 95.3 Å². The summed E-state index contributed by atoms with van der Waals surface area (Å²) in [5.74, 6) is 1.93. The molecule has 0 spiro atoms. The van der Waals surface area contributed by atoms with Crippen molar-refractivity contribution in [1.29, 1.82) is 5.26 Å². The molecule has 5 rings (SSSR count). The molecule has 2 N–H and O–H groups in total. The van der Waals surface area contributed by atoms with Gasteiger partial charge in [0.2, 0.25) is 0 Å². The molecular weight excluding hydrogens is 464 g/mol. The van der Waals surface area contributed by atoms with Crippen molar-refractivity contribution in [2.24, 2.45) is 0 Å². The zero-order valence-electron chi connectivity index (χ0n) is 21.8. The number of aromatic nitrogens is 2. The number of anilines is 1. The molecule has 1 saturated carbocycles. The summed E-state index contributed by atoms with van der Waals surface area (Å²) in [5.41, 5.74) is 13.4. The van der Waals surface area contributed by atoms with Gasteiger partial charge in [-0.15, -0.1) is 0 Å². The number of hydrogen-bond donors (Lipinski definition) is 1. The molecule has 1 aliphatic carbocycles. The summed E-state index contributed by atoms with van der Waals surface area (Å²) in [7, 11) is 1.65. The molecule has 1 fully saturated rings. The first-order valence-corrected chi connectivity index (χ1v) is 12.6. The third kappa shape index (κ3) is 4.61. The van der Waals surface area contributed by atoms with Crippen molar-refractivity contribution >= 4 is 16.9 Å². The molecule has 0 amide bonds. The van der Waals surface area contributed by atoms with Crippen LogP contribution in [-0.4, -0.2) is 22.8 Å². The molecule has 190 valence electrons. The molecule has 0 bridgehead atoms. The van der Waals surface area contributed by atoms with Gasteiger partial charge in [0.05, 0.1) is 25.5 Å². The maximum atomic E-state index is 10.0. The molecular formula is C30H32N4O3. The quantitative estimate of drug-likeness (QED) is 0.318. The van der Waals surface area contributed by atoms with E-state index in [0.29, 0.717) is 36.3 Å². The minimum Gasteiger partial charge on any atom is -0.497 e. The van der Waals surface area contributed by atoms with Crippen molar-refractivity contribution in [2.75, 3.05) is 12.8 Å². The van der Waals surface area contributed by atoms with E-state index in [2.05, 4.69) is 6.07 Å². The van der Waals surface area contributed by atoms with Crippen LogP contribution in [0.15, 0.2) is 42.5 Å². The van der Waals surface area contributed by atoms with Crippen LogP contribution >= 0.6 is 0 Å². The third-order valence-corrected chi connectivity index (χ3v) is 7.27. The predicted molar refractivity (Wildman–Crippen MR) is 144 cm³/mol. The Morgan fingerprint density at radius 3 is 2.49 bits per heavy atom. The van der Waals surface area contributed by atoms with Crippen molar-refractivity contribution < 1.29 is 14.2 Å². The average molecular weight is 497 g/mol. The van der Waals surface area contributed by atoms with Crippen molar-refractivity contribution in [3.63, 3.8) is 0 Å². The zero-order chi connectivity index (χ0) is 26.1. The van der Waals surface area contributed by atoms with E-state index in [4.69, 9.17) is 24.9 Å². The van der Waals surface area contributed by atoms with Crippen molar-refractivity contribution in [1.82, 2.24) is 9.55 Å². The normalized spacial score (nSPS) is 13.4. The van der Waals surface area contributed by atoms with Crippen LogP contribution in [0, 0.1) is 32.1 Å². The second-order valence-electron chi connectivity index (χ2n) is 9.67. The Morgan fingerprint density at radius 2 is 1.84 bits per heavy atom. The van der Waals surface area contributed by atoms with Gasteiger partial charge in [-0.25, -0.2) is 4.98 Å². The number of pyridine rings is 1. The monoisotopic (exact) mass is 496 g/mol. The number of benzene rings is 2. The molecule has 7 heteroatoms. The maximum absolute atomic E-state index is 10.0. The highest BCUT2D eigenvalue weighted by Gasteiger charge is 2.23. The third-order valence-electron chi connectivity index (χ3n) is 7.27. The van der Waals surface area contributed by atoms with E-state index in [9.17, 15) is 5.26 Å². The Morgan fingerprint density at radius 1 is 1.08 bits per heavy atom. The van der Waals surface area contributed by atoms with E-state index in [1.165, 1.54) is 6.42 Å². The Balaban J connectivity index is 1.53. The van der Waals surface area contributed by atoms with Crippen LogP contribution in [0.4, 0.5) is 5.82 Å². The maximum Gasteiger partial charge on any atom is 0.147 e. The number of rotatable bonds is 8. The second kappa shape index (κ2) is 10.2. The van der Waals surface area contributed by atoms with Gasteiger partial charge in [-0.1, -0.05) is 18.2 Å². The summed E-state index contributed by atoms with van der Waals surface area (Å²) in [4.78, 5) is 4.92. The lowest BCUT2D eigenvalue weighted by molar-refractivity contribution is -0.00892. The van der Waals surface area contributed by atoms with Gasteiger partial charge in [-0.3, -0.25) is 4.57 Å². The molecule has 37 heavy (non-hydrogen) atoms. The standard InChI is InChI=1S/C30H32N4O3/c1-18-8-13-27(37-16-21-9-11-23(35-4)12-10-21)19(2)28(18)34-29(32)26(15-31)25-14-22(20(3)33-30(25)34)17-36-24-6-5-7-24/h8-14,24H,5-7,16-17,32H2,1-4H3. The van der Waals surface area contributed by atoms with Crippen LogP contribution in [-0.2, 0) is 18.0 Å². The molecule has 4 aromatic rings. The zero-order valence-corrected chi connectivity index (χ0v) is 21.8. The summed E-state index contributed by atoms with van der Waals surface area (Å²) in [5, 5.41) is 10.7. The first-order valence-electron chi connectivity index (χ1n) is 12.6. The molecule has 1 aliphatic rings. The average Bonchev–Trinajstić information content (AvgIpc) is 3.13. The van der Waals surface area contributed by atoms with Crippen LogP contribution in [0.1, 0.15) is 52.8 Å². The van der Waals surface area contributed by atoms with Gasteiger partial charge >= 0.3 is 0 Å². The fourth-order valence-electron chi connectivity index (χ4n) is 4.79. The molecule has 7 nitrogen and oxygen atoms in total. The molecule has 2 aromatic heterocycles. The first kappa shape index (κ1) is 24.7. The number of nitrogens with zero attached hydrogens (tertiary/aromatic N) is 3. The Hall–Kier alpha value is -4.02. The van der Waals surface area contributed by atoms with E-state index in [0.717, 1.165) is 63.4 Å². The van der Waals surface area contributed by atoms with Crippen molar-refractivity contribution in [2.45, 2.75) is 59.4 Å². The van der Waals surface area contributed by atoms with Crippen molar-refractivity contribution in [3.05, 3.63) is 76.0 Å². The number of fused-ring (bicyclic) bond motifs is 1. The van der Waals surface area contributed by atoms with Crippen molar-refractivity contribution in [3.8, 4) is 23.3 Å². The summed E-state index contributed by atoms with van der Waals surface area (Å²) in [6.07, 6.45) is 3.76. The summed E-state index contributed by atoms with van der Waals surface area (Å²) < 4.78 is 19.4. The number of aryl methyl sites for hydroxylation is 2. The lowest BCUT2D eigenvalue weighted by Gasteiger charge is -2.25. The number of hydrogen-bond acceptors (Lipinski definition) is 6. The Kier molecular flexibility index (Phi) is 6.77. The lowest BCUT2D eigenvalue weighted by atomic mass is 9.96. The largest absolute Gasteiger partial charge is 0.497 e. The van der Waals surface area contributed by atoms with Gasteiger partial charge < -0.3 is 19.9 Å². The van der Waals surface area contributed by atoms with E-state index in [1.807, 2.05) is 67.8 Å². The fourth-order valence-corrected chi connectivity index (χ4v) is 4.79. The molecule has 2 heterocycles. The summed E-state index contributed by atoms with van der Waals surface area (Å²) in [6.45, 7) is 6.92. The molecule has 0 radical (unpaired) electrons. The van der Waals surface area contributed by atoms with Gasteiger partial charge in [0.1, 0.15) is 41.2 Å². The molecule has 0 atom stereocenters. The number of methoxy groups -OCH3 is 1. The summed E-state index contributed by atoms with van der Waals surface area (Å²) in [6, 6.07) is 16.1. The highest BCUT2D eigenvalue weighted by molar-refractivity contribution is 5.92. The summed E-state index contributed by atoms with van der Waals surface area (Å²) >= 11 is 0.